The van der Waals surface area contributed by atoms with Crippen LogP contribution < -0.4 is 11.3 Å². The Bertz CT molecular complexity index is 528. The second-order valence-electron chi connectivity index (χ2n) is 4.38. The summed E-state index contributed by atoms with van der Waals surface area (Å²) in [7, 11) is 0. The molecule has 0 bridgehead atoms. The monoisotopic (exact) mass is 277 g/mol. The van der Waals surface area contributed by atoms with Crippen LogP contribution in [0.2, 0.25) is 0 Å². The molecule has 106 valence electrons. The fourth-order valence-corrected chi connectivity index (χ4v) is 1.98. The molecule has 0 aliphatic carbocycles. The molecule has 2 rings (SSSR count). The first-order chi connectivity index (χ1) is 9.61. The van der Waals surface area contributed by atoms with E-state index in [0.29, 0.717) is 0 Å². The van der Waals surface area contributed by atoms with Gasteiger partial charge in [-0.2, -0.15) is 0 Å². The van der Waals surface area contributed by atoms with E-state index in [9.17, 15) is 14.4 Å². The number of hydrogen-bond acceptors (Lipinski definition) is 5. The van der Waals surface area contributed by atoms with E-state index in [0.717, 1.165) is 16.0 Å². The molecular weight excluding hydrogens is 262 g/mol. The van der Waals surface area contributed by atoms with Crippen molar-refractivity contribution in [3.8, 4) is 0 Å². The lowest BCUT2D eigenvalue weighted by molar-refractivity contribution is -0.159. The van der Waals surface area contributed by atoms with Gasteiger partial charge in [0.1, 0.15) is 13.2 Å². The lowest BCUT2D eigenvalue weighted by atomic mass is 10.0. The maximum atomic E-state index is 11.7. The average molecular weight is 277 g/mol. The summed E-state index contributed by atoms with van der Waals surface area (Å²) in [5.74, 6) is 3.98. The molecule has 1 aliphatic rings. The number of hydrogen-bond donors (Lipinski definition) is 2. The molecule has 1 fully saturated rings. The summed E-state index contributed by atoms with van der Waals surface area (Å²) in [6.45, 7) is -0.0660. The molecule has 0 atom stereocenters. The average Bonchev–Trinajstić information content (AvgIpc) is 2.44. The zero-order valence-electron chi connectivity index (χ0n) is 10.8. The zero-order chi connectivity index (χ0) is 14.5. The van der Waals surface area contributed by atoms with Crippen LogP contribution in [0.1, 0.15) is 11.1 Å². The van der Waals surface area contributed by atoms with Crippen LogP contribution in [0.25, 0.3) is 0 Å². The van der Waals surface area contributed by atoms with Gasteiger partial charge in [-0.15, -0.1) is 0 Å². The standard InChI is InChI=1S/C13H15N3O4/c14-15-11(17)5-9-3-1-2-4-10(9)6-16-12(18)7-20-8-13(16)19/h1-4H,5-8,14H2,(H,15,17). The Hall–Kier alpha value is -2.25. The summed E-state index contributed by atoms with van der Waals surface area (Å²) in [5, 5.41) is 0. The quantitative estimate of drug-likeness (QED) is 0.321. The molecule has 0 saturated carbocycles. The number of nitrogens with two attached hydrogens (primary N) is 1. The molecule has 7 nitrogen and oxygen atoms in total. The number of carbonyl (C=O) groups is 3. The number of rotatable bonds is 4. The van der Waals surface area contributed by atoms with Crippen molar-refractivity contribution >= 4 is 17.7 Å². The number of ether oxygens (including phenoxy) is 1. The van der Waals surface area contributed by atoms with Crippen molar-refractivity contribution in [1.82, 2.24) is 10.3 Å². The molecule has 1 heterocycles. The lowest BCUT2D eigenvalue weighted by Gasteiger charge is -2.25. The van der Waals surface area contributed by atoms with Gasteiger partial charge in [-0.1, -0.05) is 24.3 Å². The van der Waals surface area contributed by atoms with Gasteiger partial charge in [0.2, 0.25) is 5.91 Å². The van der Waals surface area contributed by atoms with Crippen LogP contribution >= 0.6 is 0 Å². The van der Waals surface area contributed by atoms with E-state index in [4.69, 9.17) is 10.6 Å². The molecule has 0 unspecified atom stereocenters. The van der Waals surface area contributed by atoms with Crippen molar-refractivity contribution in [2.75, 3.05) is 13.2 Å². The van der Waals surface area contributed by atoms with E-state index in [1.165, 1.54) is 0 Å². The van der Waals surface area contributed by atoms with Gasteiger partial charge in [0.15, 0.2) is 0 Å². The Balaban J connectivity index is 2.18. The molecule has 0 spiro atoms. The third-order valence-corrected chi connectivity index (χ3v) is 3.01. The molecule has 7 heteroatoms. The van der Waals surface area contributed by atoms with Gasteiger partial charge in [-0.3, -0.25) is 24.7 Å². The Labute approximate surface area is 115 Å². The summed E-state index contributed by atoms with van der Waals surface area (Å²) in [5.41, 5.74) is 3.52. The van der Waals surface area contributed by atoms with Gasteiger partial charge in [0, 0.05) is 0 Å². The van der Waals surface area contributed by atoms with Gasteiger partial charge < -0.3 is 4.74 Å². The van der Waals surface area contributed by atoms with Crippen LogP contribution in [0, 0.1) is 0 Å². The minimum Gasteiger partial charge on any atom is -0.362 e. The third kappa shape index (κ3) is 3.19. The summed E-state index contributed by atoms with van der Waals surface area (Å²) in [6.07, 6.45) is 0.0966. The van der Waals surface area contributed by atoms with Crippen LogP contribution in [-0.2, 0) is 32.1 Å². The Morgan fingerprint density at radius 1 is 1.20 bits per heavy atom. The highest BCUT2D eigenvalue weighted by Gasteiger charge is 2.27. The largest absolute Gasteiger partial charge is 0.362 e. The highest BCUT2D eigenvalue weighted by atomic mass is 16.5. The van der Waals surface area contributed by atoms with E-state index in [1.54, 1.807) is 24.3 Å². The lowest BCUT2D eigenvalue weighted by Crippen LogP contribution is -2.45. The van der Waals surface area contributed by atoms with Gasteiger partial charge in [-0.05, 0) is 11.1 Å². The summed E-state index contributed by atoms with van der Waals surface area (Å²) in [4.78, 5) is 35.9. The fourth-order valence-electron chi connectivity index (χ4n) is 1.98. The molecule has 3 N–H and O–H groups in total. The second kappa shape index (κ2) is 6.27. The van der Waals surface area contributed by atoms with Crippen molar-refractivity contribution < 1.29 is 19.1 Å². The number of nitrogens with zero attached hydrogens (tertiary/aromatic N) is 1. The van der Waals surface area contributed by atoms with Crippen molar-refractivity contribution in [2.45, 2.75) is 13.0 Å². The van der Waals surface area contributed by atoms with Gasteiger partial charge in [-0.25, -0.2) is 5.84 Å². The number of hydrazine groups is 1. The van der Waals surface area contributed by atoms with E-state index in [2.05, 4.69) is 5.43 Å². The highest BCUT2D eigenvalue weighted by molar-refractivity contribution is 5.98. The molecule has 1 saturated heterocycles. The number of carbonyl (C=O) groups excluding carboxylic acids is 3. The molecule has 0 radical (unpaired) electrons. The summed E-state index contributed by atoms with van der Waals surface area (Å²) >= 11 is 0. The van der Waals surface area contributed by atoms with E-state index >= 15 is 0 Å². The smallest absolute Gasteiger partial charge is 0.255 e. The normalized spacial score (nSPS) is 15.3. The van der Waals surface area contributed by atoms with Crippen molar-refractivity contribution in [1.29, 1.82) is 0 Å². The van der Waals surface area contributed by atoms with E-state index in [1.807, 2.05) is 0 Å². The van der Waals surface area contributed by atoms with Crippen LogP contribution in [0.15, 0.2) is 24.3 Å². The summed E-state index contributed by atoms with van der Waals surface area (Å²) in [6, 6.07) is 7.11. The minimum absolute atomic E-state index is 0.0966. The molecule has 0 aromatic heterocycles. The van der Waals surface area contributed by atoms with Crippen molar-refractivity contribution in [3.05, 3.63) is 35.4 Å². The van der Waals surface area contributed by atoms with Gasteiger partial charge in [0.05, 0.1) is 13.0 Å². The third-order valence-electron chi connectivity index (χ3n) is 3.01. The molecular formula is C13H15N3O4. The Kier molecular flexibility index (Phi) is 4.44. The SMILES string of the molecule is NNC(=O)Cc1ccccc1CN1C(=O)COCC1=O. The van der Waals surface area contributed by atoms with Crippen molar-refractivity contribution in [2.24, 2.45) is 5.84 Å². The Morgan fingerprint density at radius 3 is 2.40 bits per heavy atom. The number of morpholine rings is 1. The summed E-state index contributed by atoms with van der Waals surface area (Å²) < 4.78 is 4.85. The van der Waals surface area contributed by atoms with Crippen molar-refractivity contribution in [3.63, 3.8) is 0 Å². The van der Waals surface area contributed by atoms with E-state index < -0.39 is 0 Å². The van der Waals surface area contributed by atoms with E-state index in [-0.39, 0.29) is 43.9 Å². The predicted octanol–water partition coefficient (Wildman–Crippen LogP) is -0.896. The Morgan fingerprint density at radius 2 is 1.80 bits per heavy atom. The number of benzene rings is 1. The number of amides is 3. The first kappa shape index (κ1) is 14.2. The first-order valence-electron chi connectivity index (χ1n) is 6.09. The molecule has 20 heavy (non-hydrogen) atoms. The molecule has 1 aromatic rings. The number of imide groups is 1. The zero-order valence-corrected chi connectivity index (χ0v) is 10.8. The topological polar surface area (TPSA) is 102 Å². The second-order valence-corrected chi connectivity index (χ2v) is 4.38. The fraction of sp³-hybridized carbons (Fsp3) is 0.308. The number of nitrogens with one attached hydrogen (secondary N) is 1. The maximum absolute atomic E-state index is 11.7. The van der Waals surface area contributed by atoms with Gasteiger partial charge in [0.25, 0.3) is 11.8 Å². The van der Waals surface area contributed by atoms with Crippen LogP contribution in [0.3, 0.4) is 0 Å². The molecule has 1 aliphatic heterocycles. The molecule has 3 amide bonds. The minimum atomic E-state index is -0.376. The first-order valence-corrected chi connectivity index (χ1v) is 6.09. The van der Waals surface area contributed by atoms with Crippen LogP contribution in [-0.4, -0.2) is 35.8 Å². The maximum Gasteiger partial charge on any atom is 0.255 e. The van der Waals surface area contributed by atoms with Gasteiger partial charge >= 0.3 is 0 Å². The van der Waals surface area contributed by atoms with Crippen LogP contribution in [0.4, 0.5) is 0 Å². The predicted molar refractivity (Wildman–Crippen MR) is 68.9 cm³/mol. The highest BCUT2D eigenvalue weighted by Crippen LogP contribution is 2.14. The molecule has 1 aromatic carbocycles. The van der Waals surface area contributed by atoms with Crippen LogP contribution in [0.5, 0.6) is 0 Å².